The second-order valence-electron chi connectivity index (χ2n) is 5.41. The number of hydrogen-bond acceptors (Lipinski definition) is 3. The molecule has 22 heavy (non-hydrogen) atoms. The number of rotatable bonds is 2. The summed E-state index contributed by atoms with van der Waals surface area (Å²) in [4.78, 5) is 27.6. The Bertz CT molecular complexity index is 722. The summed E-state index contributed by atoms with van der Waals surface area (Å²) in [5.74, 6) is -0.0873. The zero-order chi connectivity index (χ0) is 15.7. The van der Waals surface area contributed by atoms with Crippen LogP contribution in [-0.4, -0.2) is 47.2 Å². The van der Waals surface area contributed by atoms with Gasteiger partial charge in [-0.25, -0.2) is 14.8 Å². The highest BCUT2D eigenvalue weighted by Crippen LogP contribution is 2.24. The molecule has 1 N–H and O–H groups in total. The number of fused-ring (bicyclic) bond motifs is 1. The molecule has 2 amide bonds. The van der Waals surface area contributed by atoms with Gasteiger partial charge in [-0.1, -0.05) is 18.2 Å². The van der Waals surface area contributed by atoms with Gasteiger partial charge in [0.1, 0.15) is 0 Å². The molecule has 1 aliphatic heterocycles. The summed E-state index contributed by atoms with van der Waals surface area (Å²) in [5.41, 5.74) is 2.99. The summed E-state index contributed by atoms with van der Waals surface area (Å²) >= 11 is 0. The molecule has 1 fully saturated rings. The first-order chi connectivity index (χ1) is 10.6. The van der Waals surface area contributed by atoms with Crippen LogP contribution >= 0.6 is 0 Å². The molecular weight excluding hydrogens is 282 g/mol. The third-order valence-electron chi connectivity index (χ3n) is 4.06. The van der Waals surface area contributed by atoms with Gasteiger partial charge in [-0.15, -0.1) is 0 Å². The number of H-pyrrole nitrogens is 1. The summed E-state index contributed by atoms with van der Waals surface area (Å²) in [6.07, 6.45) is 0.554. The summed E-state index contributed by atoms with van der Waals surface area (Å²) < 4.78 is 4.73. The summed E-state index contributed by atoms with van der Waals surface area (Å²) in [6.45, 7) is 3.03. The van der Waals surface area contributed by atoms with Crippen LogP contribution in [0.4, 0.5) is 4.79 Å². The number of ether oxygens (including phenoxy) is 1. The molecule has 0 unspecified atom stereocenters. The summed E-state index contributed by atoms with van der Waals surface area (Å²) in [6, 6.07) is 7.92. The Morgan fingerprint density at radius 1 is 1.23 bits per heavy atom. The number of carbonyl (C=O) groups is 2. The van der Waals surface area contributed by atoms with Crippen LogP contribution in [-0.2, 0) is 16.0 Å². The van der Waals surface area contributed by atoms with E-state index in [4.69, 9.17) is 4.74 Å². The van der Waals surface area contributed by atoms with E-state index in [-0.39, 0.29) is 12.3 Å². The van der Waals surface area contributed by atoms with Gasteiger partial charge in [0.2, 0.25) is 5.91 Å². The smallest absolute Gasteiger partial charge is 0.428 e. The predicted molar refractivity (Wildman–Crippen MR) is 82.2 cm³/mol. The van der Waals surface area contributed by atoms with Gasteiger partial charge in [0.15, 0.2) is 0 Å². The van der Waals surface area contributed by atoms with Crippen molar-refractivity contribution in [3.63, 3.8) is 0 Å². The molecule has 6 nitrogen and oxygen atoms in total. The van der Waals surface area contributed by atoms with E-state index in [0.717, 1.165) is 28.6 Å². The first-order valence-electron chi connectivity index (χ1n) is 7.33. The van der Waals surface area contributed by atoms with Crippen molar-refractivity contribution in [1.29, 1.82) is 0 Å². The highest BCUT2D eigenvalue weighted by Gasteiger charge is 2.31. The molecule has 0 saturated carbocycles. The zero-order valence-corrected chi connectivity index (χ0v) is 12.8. The monoisotopic (exact) mass is 301 g/mol. The standard InChI is InChI=1S/C16H19N3O3/c1-11-13(12-6-3-4-7-14(12)17-11)10-15(20)18-8-5-9-19(18)16(21)22-2/h3-4,6-7,17H,5,8-10H2,1-2H3. The third kappa shape index (κ3) is 2.41. The van der Waals surface area contributed by atoms with E-state index in [1.54, 1.807) is 0 Å². The number of hydrazine groups is 1. The van der Waals surface area contributed by atoms with E-state index in [1.807, 2.05) is 31.2 Å². The number of hydrogen-bond donors (Lipinski definition) is 1. The maximum Gasteiger partial charge on any atom is 0.428 e. The third-order valence-corrected chi connectivity index (χ3v) is 4.06. The minimum atomic E-state index is -0.485. The van der Waals surface area contributed by atoms with Crippen molar-refractivity contribution in [2.24, 2.45) is 0 Å². The number of methoxy groups -OCH3 is 1. The topological polar surface area (TPSA) is 65.6 Å². The van der Waals surface area contributed by atoms with Crippen LogP contribution in [0.2, 0.25) is 0 Å². The molecule has 3 rings (SSSR count). The Hall–Kier alpha value is -2.50. The number of amides is 2. The Balaban J connectivity index is 1.84. The first-order valence-corrected chi connectivity index (χ1v) is 7.33. The lowest BCUT2D eigenvalue weighted by atomic mass is 10.1. The van der Waals surface area contributed by atoms with Crippen molar-refractivity contribution >= 4 is 22.9 Å². The van der Waals surface area contributed by atoms with Gasteiger partial charge in [-0.3, -0.25) is 4.79 Å². The van der Waals surface area contributed by atoms with E-state index in [9.17, 15) is 9.59 Å². The number of nitrogens with one attached hydrogen (secondary N) is 1. The van der Waals surface area contributed by atoms with Crippen molar-refractivity contribution in [2.45, 2.75) is 19.8 Å². The van der Waals surface area contributed by atoms with Crippen molar-refractivity contribution in [3.8, 4) is 0 Å². The lowest BCUT2D eigenvalue weighted by molar-refractivity contribution is -0.140. The number of carbonyl (C=O) groups excluding carboxylic acids is 2. The van der Waals surface area contributed by atoms with Gasteiger partial charge in [0, 0.05) is 29.7 Å². The zero-order valence-electron chi connectivity index (χ0n) is 12.8. The molecule has 2 heterocycles. The number of nitrogens with zero attached hydrogens (tertiary/aromatic N) is 2. The van der Waals surface area contributed by atoms with Crippen LogP contribution < -0.4 is 0 Å². The molecule has 0 aliphatic carbocycles. The molecule has 6 heteroatoms. The molecule has 1 saturated heterocycles. The van der Waals surface area contributed by atoms with Crippen LogP contribution in [0, 0.1) is 6.92 Å². The van der Waals surface area contributed by atoms with Gasteiger partial charge in [0.05, 0.1) is 13.5 Å². The van der Waals surface area contributed by atoms with Crippen LogP contribution in [0.15, 0.2) is 24.3 Å². The van der Waals surface area contributed by atoms with Gasteiger partial charge >= 0.3 is 6.09 Å². The fraction of sp³-hybridized carbons (Fsp3) is 0.375. The Labute approximate surface area is 128 Å². The molecule has 1 aromatic heterocycles. The van der Waals surface area contributed by atoms with Gasteiger partial charge in [-0.05, 0) is 25.0 Å². The molecule has 0 spiro atoms. The predicted octanol–water partition coefficient (Wildman–Crippen LogP) is 2.23. The van der Waals surface area contributed by atoms with E-state index in [2.05, 4.69) is 4.98 Å². The van der Waals surface area contributed by atoms with Gasteiger partial charge in [-0.2, -0.15) is 0 Å². The Kier molecular flexibility index (Phi) is 3.75. The van der Waals surface area contributed by atoms with E-state index in [0.29, 0.717) is 13.1 Å². The van der Waals surface area contributed by atoms with Crippen molar-refractivity contribution in [1.82, 2.24) is 15.0 Å². The average molecular weight is 301 g/mol. The molecule has 0 radical (unpaired) electrons. The fourth-order valence-electron chi connectivity index (χ4n) is 2.97. The van der Waals surface area contributed by atoms with E-state index < -0.39 is 6.09 Å². The molecule has 0 bridgehead atoms. The normalized spacial score (nSPS) is 14.6. The van der Waals surface area contributed by atoms with Crippen molar-refractivity contribution in [2.75, 3.05) is 20.2 Å². The van der Waals surface area contributed by atoms with Crippen LogP contribution in [0.3, 0.4) is 0 Å². The highest BCUT2D eigenvalue weighted by atomic mass is 16.5. The molecular formula is C16H19N3O3. The number of aryl methyl sites for hydroxylation is 1. The summed E-state index contributed by atoms with van der Waals surface area (Å²) in [5, 5.41) is 3.93. The second-order valence-corrected chi connectivity index (χ2v) is 5.41. The quantitative estimate of drug-likeness (QED) is 0.925. The van der Waals surface area contributed by atoms with E-state index >= 15 is 0 Å². The van der Waals surface area contributed by atoms with Crippen LogP contribution in [0.5, 0.6) is 0 Å². The maximum atomic E-state index is 12.6. The SMILES string of the molecule is COC(=O)N1CCCN1C(=O)Cc1c(C)[nH]c2ccccc12. The van der Waals surface area contributed by atoms with Gasteiger partial charge in [0.25, 0.3) is 0 Å². The van der Waals surface area contributed by atoms with E-state index in [1.165, 1.54) is 17.1 Å². The molecule has 116 valence electrons. The number of aromatic nitrogens is 1. The van der Waals surface area contributed by atoms with Gasteiger partial charge < -0.3 is 9.72 Å². The summed E-state index contributed by atoms with van der Waals surface area (Å²) in [7, 11) is 1.33. The van der Waals surface area contributed by atoms with Crippen LogP contribution in [0.1, 0.15) is 17.7 Å². The average Bonchev–Trinajstić information content (AvgIpc) is 3.12. The molecule has 1 aliphatic rings. The second kappa shape index (κ2) is 5.71. The molecule has 1 aromatic carbocycles. The van der Waals surface area contributed by atoms with Crippen molar-refractivity contribution < 1.29 is 14.3 Å². The largest absolute Gasteiger partial charge is 0.452 e. The first kappa shape index (κ1) is 14.4. The Morgan fingerprint density at radius 3 is 2.73 bits per heavy atom. The fourth-order valence-corrected chi connectivity index (χ4v) is 2.97. The maximum absolute atomic E-state index is 12.6. The van der Waals surface area contributed by atoms with Crippen molar-refractivity contribution in [3.05, 3.63) is 35.5 Å². The lowest BCUT2D eigenvalue weighted by Gasteiger charge is -2.26. The minimum Gasteiger partial charge on any atom is -0.452 e. The Morgan fingerprint density at radius 2 is 1.95 bits per heavy atom. The number of aromatic amines is 1. The number of para-hydroxylation sites is 1. The molecule has 0 atom stereocenters. The van der Waals surface area contributed by atoms with Crippen LogP contribution in [0.25, 0.3) is 10.9 Å². The highest BCUT2D eigenvalue weighted by molar-refractivity contribution is 5.90. The number of benzene rings is 1. The minimum absolute atomic E-state index is 0.0873. The lowest BCUT2D eigenvalue weighted by Crippen LogP contribution is -2.45. The molecule has 2 aromatic rings.